The number of hydrazine groups is 1. The van der Waals surface area contributed by atoms with Crippen molar-refractivity contribution in [2.75, 3.05) is 10.7 Å². The fourth-order valence-electron chi connectivity index (χ4n) is 1.68. The van der Waals surface area contributed by atoms with E-state index in [2.05, 4.69) is 20.7 Å². The third-order valence-corrected chi connectivity index (χ3v) is 2.66. The summed E-state index contributed by atoms with van der Waals surface area (Å²) in [6.07, 6.45) is 0. The first-order valence-corrected chi connectivity index (χ1v) is 5.90. The van der Waals surface area contributed by atoms with Gasteiger partial charge in [-0.3, -0.25) is 10.2 Å². The highest BCUT2D eigenvalue weighted by molar-refractivity contribution is 6.03. The maximum atomic E-state index is 13.8. The van der Waals surface area contributed by atoms with Crippen molar-refractivity contribution in [2.45, 2.75) is 13.8 Å². The number of nitrogens with two attached hydrogens (primary N) is 1. The number of aromatic nitrogens is 2. The number of anilines is 2. The van der Waals surface area contributed by atoms with Gasteiger partial charge in [-0.05, 0) is 31.5 Å². The molecule has 0 unspecified atom stereocenters. The number of aryl methyl sites for hydroxylation is 2. The molecule has 1 amide bonds. The zero-order valence-electron chi connectivity index (χ0n) is 11.1. The van der Waals surface area contributed by atoms with Crippen LogP contribution in [0.4, 0.5) is 16.0 Å². The summed E-state index contributed by atoms with van der Waals surface area (Å²) >= 11 is 0. The molecule has 6 nitrogen and oxygen atoms in total. The Kier molecular flexibility index (Phi) is 3.90. The van der Waals surface area contributed by atoms with Gasteiger partial charge in [0.1, 0.15) is 11.5 Å². The van der Waals surface area contributed by atoms with E-state index in [0.717, 1.165) is 0 Å². The summed E-state index contributed by atoms with van der Waals surface area (Å²) in [7, 11) is 0. The topological polar surface area (TPSA) is 92.9 Å². The lowest BCUT2D eigenvalue weighted by atomic mass is 10.2. The fourth-order valence-corrected chi connectivity index (χ4v) is 1.68. The minimum atomic E-state index is -0.531. The van der Waals surface area contributed by atoms with Gasteiger partial charge in [-0.25, -0.2) is 20.2 Å². The molecule has 0 aliphatic heterocycles. The van der Waals surface area contributed by atoms with Crippen LogP contribution in [0, 0.1) is 19.7 Å². The number of hydrogen-bond acceptors (Lipinski definition) is 5. The molecular weight excluding hydrogens is 261 g/mol. The second-order valence-corrected chi connectivity index (χ2v) is 4.25. The van der Waals surface area contributed by atoms with Crippen LogP contribution in [0.5, 0.6) is 0 Å². The van der Waals surface area contributed by atoms with Crippen LogP contribution in [-0.4, -0.2) is 15.9 Å². The van der Waals surface area contributed by atoms with Crippen molar-refractivity contribution >= 4 is 17.5 Å². The van der Waals surface area contributed by atoms with E-state index >= 15 is 0 Å². The van der Waals surface area contributed by atoms with Crippen molar-refractivity contribution in [3.63, 3.8) is 0 Å². The predicted molar refractivity (Wildman–Crippen MR) is 73.7 cm³/mol. The van der Waals surface area contributed by atoms with Gasteiger partial charge in [0.05, 0.1) is 5.69 Å². The normalized spacial score (nSPS) is 10.2. The zero-order valence-corrected chi connectivity index (χ0v) is 11.1. The molecule has 2 aromatic rings. The van der Waals surface area contributed by atoms with E-state index < -0.39 is 11.7 Å². The summed E-state index contributed by atoms with van der Waals surface area (Å²) < 4.78 is 13.8. The van der Waals surface area contributed by atoms with Gasteiger partial charge >= 0.3 is 0 Å². The van der Waals surface area contributed by atoms with Crippen molar-refractivity contribution in [3.8, 4) is 0 Å². The molecule has 0 spiro atoms. The van der Waals surface area contributed by atoms with Crippen molar-refractivity contribution in [1.82, 2.24) is 9.97 Å². The third-order valence-electron chi connectivity index (χ3n) is 2.66. The van der Waals surface area contributed by atoms with Crippen LogP contribution in [-0.2, 0) is 0 Å². The highest BCUT2D eigenvalue weighted by atomic mass is 19.1. The highest BCUT2D eigenvalue weighted by Gasteiger charge is 2.13. The van der Waals surface area contributed by atoms with Gasteiger partial charge in [0.2, 0.25) is 5.95 Å². The van der Waals surface area contributed by atoms with Crippen LogP contribution >= 0.6 is 0 Å². The van der Waals surface area contributed by atoms with Gasteiger partial charge in [0.15, 0.2) is 0 Å². The van der Waals surface area contributed by atoms with Gasteiger partial charge in [-0.2, -0.15) is 0 Å². The number of benzene rings is 1. The Morgan fingerprint density at radius 2 is 2.05 bits per heavy atom. The maximum Gasteiger partial charge on any atom is 0.274 e. The molecule has 1 aromatic heterocycles. The molecule has 0 radical (unpaired) electrons. The monoisotopic (exact) mass is 275 g/mol. The molecule has 2 rings (SSSR count). The van der Waals surface area contributed by atoms with E-state index in [0.29, 0.717) is 11.3 Å². The average molecular weight is 275 g/mol. The molecule has 7 heteroatoms. The Hall–Kier alpha value is -2.54. The first kappa shape index (κ1) is 13.9. The molecular formula is C13H14FN5O. The number of carbonyl (C=O) groups excluding carboxylic acids is 1. The molecule has 0 atom stereocenters. The number of rotatable bonds is 3. The number of nitrogen functional groups attached to an aromatic ring is 1. The molecule has 1 heterocycles. The molecule has 1 aromatic carbocycles. The molecule has 20 heavy (non-hydrogen) atoms. The van der Waals surface area contributed by atoms with E-state index in [1.54, 1.807) is 26.0 Å². The van der Waals surface area contributed by atoms with Crippen molar-refractivity contribution < 1.29 is 9.18 Å². The number of hydrogen-bond donors (Lipinski definition) is 3. The Bertz CT molecular complexity index is 659. The van der Waals surface area contributed by atoms with E-state index in [9.17, 15) is 9.18 Å². The van der Waals surface area contributed by atoms with E-state index in [4.69, 9.17) is 5.84 Å². The fraction of sp³-hybridized carbons (Fsp3) is 0.154. The lowest BCUT2D eigenvalue weighted by Crippen LogP contribution is -2.18. The van der Waals surface area contributed by atoms with Crippen molar-refractivity contribution in [1.29, 1.82) is 0 Å². The van der Waals surface area contributed by atoms with Crippen LogP contribution in [0.25, 0.3) is 0 Å². The van der Waals surface area contributed by atoms with Crippen LogP contribution in [0.2, 0.25) is 0 Å². The molecule has 0 bridgehead atoms. The van der Waals surface area contributed by atoms with E-state index in [-0.39, 0.29) is 17.3 Å². The lowest BCUT2D eigenvalue weighted by molar-refractivity contribution is 0.102. The van der Waals surface area contributed by atoms with Gasteiger partial charge < -0.3 is 5.32 Å². The van der Waals surface area contributed by atoms with Crippen LogP contribution in [0.1, 0.15) is 21.7 Å². The summed E-state index contributed by atoms with van der Waals surface area (Å²) in [4.78, 5) is 20.0. The maximum absolute atomic E-state index is 13.8. The van der Waals surface area contributed by atoms with Crippen LogP contribution in [0.3, 0.4) is 0 Å². The molecule has 0 saturated heterocycles. The minimum absolute atomic E-state index is 0.103. The predicted octanol–water partition coefficient (Wildman–Crippen LogP) is 1.77. The number of halogens is 1. The second-order valence-electron chi connectivity index (χ2n) is 4.25. The molecule has 0 aliphatic carbocycles. The van der Waals surface area contributed by atoms with Gasteiger partial charge in [-0.15, -0.1) is 0 Å². The molecule has 0 aliphatic rings. The van der Waals surface area contributed by atoms with Gasteiger partial charge in [0, 0.05) is 5.69 Å². The summed E-state index contributed by atoms with van der Waals surface area (Å²) in [6, 6.07) is 6.25. The second kappa shape index (κ2) is 5.62. The highest BCUT2D eigenvalue weighted by Crippen LogP contribution is 2.18. The minimum Gasteiger partial charge on any atom is -0.318 e. The first-order chi connectivity index (χ1) is 9.51. The van der Waals surface area contributed by atoms with Gasteiger partial charge in [0.25, 0.3) is 5.91 Å². The van der Waals surface area contributed by atoms with Gasteiger partial charge in [-0.1, -0.05) is 12.1 Å². The standard InChI is InChI=1S/C13H14FN5O/c1-7-4-3-5-9(11(7)14)17-12(20)10-6-8(2)16-13(18-10)19-15/h3-6H,15H2,1-2H3,(H,17,20)(H,16,18,19). The number of nitrogens with one attached hydrogen (secondary N) is 2. The van der Waals surface area contributed by atoms with Crippen LogP contribution < -0.4 is 16.6 Å². The summed E-state index contributed by atoms with van der Waals surface area (Å²) in [5, 5.41) is 2.47. The van der Waals surface area contributed by atoms with Crippen molar-refractivity contribution in [2.24, 2.45) is 5.84 Å². The molecule has 104 valence electrons. The van der Waals surface area contributed by atoms with Crippen molar-refractivity contribution in [3.05, 3.63) is 47.0 Å². The Morgan fingerprint density at radius 3 is 2.75 bits per heavy atom. The molecule has 4 N–H and O–H groups in total. The first-order valence-electron chi connectivity index (χ1n) is 5.90. The van der Waals surface area contributed by atoms with E-state index in [1.807, 2.05) is 0 Å². The SMILES string of the molecule is Cc1cc(C(=O)Nc2cccc(C)c2F)nc(NN)n1. The number of amides is 1. The Labute approximate surface area is 115 Å². The molecule has 0 fully saturated rings. The quantitative estimate of drug-likeness (QED) is 0.586. The third kappa shape index (κ3) is 2.89. The summed E-state index contributed by atoms with van der Waals surface area (Å²) in [5.74, 6) is 4.34. The zero-order chi connectivity index (χ0) is 14.7. The van der Waals surface area contributed by atoms with Crippen LogP contribution in [0.15, 0.2) is 24.3 Å². The smallest absolute Gasteiger partial charge is 0.274 e. The largest absolute Gasteiger partial charge is 0.318 e. The number of nitrogens with zero attached hydrogens (tertiary/aromatic N) is 2. The summed E-state index contributed by atoms with van der Waals surface area (Å²) in [6.45, 7) is 3.32. The summed E-state index contributed by atoms with van der Waals surface area (Å²) in [5.41, 5.74) is 3.50. The lowest BCUT2D eigenvalue weighted by Gasteiger charge is -2.08. The number of carbonyl (C=O) groups is 1. The average Bonchev–Trinajstić information content (AvgIpc) is 2.43. The molecule has 0 saturated carbocycles. The Morgan fingerprint density at radius 1 is 1.30 bits per heavy atom. The Balaban J connectivity index is 2.28. The van der Waals surface area contributed by atoms with E-state index in [1.165, 1.54) is 12.1 Å².